The van der Waals surface area contributed by atoms with Gasteiger partial charge in [-0.3, -0.25) is 0 Å². The van der Waals surface area contributed by atoms with Crippen LogP contribution in [0.3, 0.4) is 0 Å². The van der Waals surface area contributed by atoms with Crippen molar-refractivity contribution in [1.29, 1.82) is 0 Å². The quantitative estimate of drug-likeness (QED) is 0.837. The first kappa shape index (κ1) is 12.3. The predicted octanol–water partition coefficient (Wildman–Crippen LogP) is 1.88. The number of aryl methyl sites for hydroxylation is 2. The summed E-state index contributed by atoms with van der Waals surface area (Å²) < 4.78 is 0. The molecule has 1 fully saturated rings. The number of anilines is 2. The molecule has 5 nitrogen and oxygen atoms in total. The number of thiazole rings is 1. The summed E-state index contributed by atoms with van der Waals surface area (Å²) in [5.41, 5.74) is 1.03. The molecule has 0 spiro atoms. The van der Waals surface area contributed by atoms with Crippen LogP contribution in [0.2, 0.25) is 0 Å². The van der Waals surface area contributed by atoms with Crippen molar-refractivity contribution in [2.75, 3.05) is 36.0 Å². The molecule has 0 bridgehead atoms. The van der Waals surface area contributed by atoms with E-state index in [0.717, 1.165) is 48.6 Å². The minimum absolute atomic E-state index is 0.845. The van der Waals surface area contributed by atoms with Crippen molar-refractivity contribution in [2.45, 2.75) is 13.8 Å². The minimum atomic E-state index is 0.845. The molecule has 0 aliphatic carbocycles. The highest BCUT2D eigenvalue weighted by Gasteiger charge is 2.19. The van der Waals surface area contributed by atoms with Gasteiger partial charge in [0.25, 0.3) is 0 Å². The van der Waals surface area contributed by atoms with Gasteiger partial charge in [0.1, 0.15) is 11.6 Å². The highest BCUT2D eigenvalue weighted by Crippen LogP contribution is 2.21. The highest BCUT2D eigenvalue weighted by molar-refractivity contribution is 7.13. The van der Waals surface area contributed by atoms with Crippen molar-refractivity contribution in [3.05, 3.63) is 29.2 Å². The molecule has 0 N–H and O–H groups in total. The average Bonchev–Trinajstić information content (AvgIpc) is 2.91. The molecule has 0 radical (unpaired) electrons. The first-order chi connectivity index (χ1) is 9.22. The first-order valence-corrected chi connectivity index (χ1v) is 7.32. The normalized spacial score (nSPS) is 15.9. The van der Waals surface area contributed by atoms with Crippen LogP contribution in [0.5, 0.6) is 0 Å². The minimum Gasteiger partial charge on any atom is -0.353 e. The molecule has 19 heavy (non-hydrogen) atoms. The SMILES string of the molecule is Cc1cc(N2CCN(c3nccs3)CC2)nc(C)n1. The van der Waals surface area contributed by atoms with E-state index in [4.69, 9.17) is 0 Å². The van der Waals surface area contributed by atoms with Gasteiger partial charge in [-0.25, -0.2) is 15.0 Å². The van der Waals surface area contributed by atoms with E-state index in [-0.39, 0.29) is 0 Å². The molecule has 6 heteroatoms. The summed E-state index contributed by atoms with van der Waals surface area (Å²) in [4.78, 5) is 17.9. The fourth-order valence-electron chi connectivity index (χ4n) is 2.36. The lowest BCUT2D eigenvalue weighted by Gasteiger charge is -2.35. The maximum absolute atomic E-state index is 4.53. The Bertz CT molecular complexity index is 526. The summed E-state index contributed by atoms with van der Waals surface area (Å²) in [6.07, 6.45) is 1.86. The van der Waals surface area contributed by atoms with Gasteiger partial charge in [-0.2, -0.15) is 0 Å². The molecule has 100 valence electrons. The number of nitrogens with zero attached hydrogens (tertiary/aromatic N) is 5. The summed E-state index contributed by atoms with van der Waals surface area (Å²) in [5, 5.41) is 3.15. The molecular formula is C13H17N5S. The van der Waals surface area contributed by atoms with Crippen molar-refractivity contribution < 1.29 is 0 Å². The van der Waals surface area contributed by atoms with E-state index in [1.165, 1.54) is 0 Å². The third-order valence-electron chi connectivity index (χ3n) is 3.25. The monoisotopic (exact) mass is 275 g/mol. The number of hydrogen-bond donors (Lipinski definition) is 0. The van der Waals surface area contributed by atoms with Crippen LogP contribution >= 0.6 is 11.3 Å². The van der Waals surface area contributed by atoms with Gasteiger partial charge >= 0.3 is 0 Å². The van der Waals surface area contributed by atoms with Gasteiger partial charge in [-0.05, 0) is 13.8 Å². The van der Waals surface area contributed by atoms with Crippen molar-refractivity contribution in [3.8, 4) is 0 Å². The lowest BCUT2D eigenvalue weighted by molar-refractivity contribution is 0.644. The van der Waals surface area contributed by atoms with Gasteiger partial charge in [-0.15, -0.1) is 11.3 Å². The van der Waals surface area contributed by atoms with Gasteiger partial charge in [0.15, 0.2) is 5.13 Å². The maximum atomic E-state index is 4.53. The summed E-state index contributed by atoms with van der Waals surface area (Å²) in [6.45, 7) is 7.92. The average molecular weight is 275 g/mol. The van der Waals surface area contributed by atoms with Gasteiger partial charge in [0.2, 0.25) is 0 Å². The Balaban J connectivity index is 1.70. The van der Waals surface area contributed by atoms with Gasteiger partial charge in [0, 0.05) is 49.5 Å². The molecule has 3 heterocycles. The Morgan fingerprint density at radius 3 is 2.42 bits per heavy atom. The van der Waals surface area contributed by atoms with Crippen LogP contribution in [0.25, 0.3) is 0 Å². The van der Waals surface area contributed by atoms with Crippen LogP contribution in [0.15, 0.2) is 17.6 Å². The number of hydrogen-bond acceptors (Lipinski definition) is 6. The molecule has 0 atom stereocenters. The molecule has 0 aromatic carbocycles. The Morgan fingerprint density at radius 1 is 1.05 bits per heavy atom. The van der Waals surface area contributed by atoms with Crippen LogP contribution in [0.4, 0.5) is 10.9 Å². The smallest absolute Gasteiger partial charge is 0.185 e. The van der Waals surface area contributed by atoms with Crippen molar-refractivity contribution in [1.82, 2.24) is 15.0 Å². The third kappa shape index (κ3) is 2.68. The lowest BCUT2D eigenvalue weighted by atomic mass is 10.3. The highest BCUT2D eigenvalue weighted by atomic mass is 32.1. The lowest BCUT2D eigenvalue weighted by Crippen LogP contribution is -2.46. The van der Waals surface area contributed by atoms with Crippen molar-refractivity contribution in [2.24, 2.45) is 0 Å². The molecule has 0 unspecified atom stereocenters. The maximum Gasteiger partial charge on any atom is 0.185 e. The molecule has 1 aliphatic rings. The molecular weight excluding hydrogens is 258 g/mol. The van der Waals surface area contributed by atoms with E-state index in [0.29, 0.717) is 0 Å². The molecule has 2 aromatic heterocycles. The summed E-state index contributed by atoms with van der Waals surface area (Å²) in [6, 6.07) is 2.06. The largest absolute Gasteiger partial charge is 0.353 e. The molecule has 0 saturated carbocycles. The topological polar surface area (TPSA) is 45.2 Å². The summed E-state index contributed by atoms with van der Waals surface area (Å²) in [7, 11) is 0. The Morgan fingerprint density at radius 2 is 1.79 bits per heavy atom. The standard InChI is InChI=1S/C13H17N5S/c1-10-9-12(16-11(2)15-10)17-4-6-18(7-5-17)13-14-3-8-19-13/h3,8-9H,4-7H2,1-2H3. The summed E-state index contributed by atoms with van der Waals surface area (Å²) >= 11 is 1.70. The van der Waals surface area contributed by atoms with Crippen LogP contribution < -0.4 is 9.80 Å². The molecule has 1 saturated heterocycles. The van der Waals surface area contributed by atoms with Gasteiger partial charge < -0.3 is 9.80 Å². The molecule has 3 rings (SSSR count). The summed E-state index contributed by atoms with van der Waals surface area (Å²) in [5.74, 6) is 1.89. The molecule has 0 amide bonds. The zero-order chi connectivity index (χ0) is 13.2. The van der Waals surface area contributed by atoms with E-state index in [1.807, 2.05) is 25.4 Å². The van der Waals surface area contributed by atoms with Crippen LogP contribution in [0.1, 0.15) is 11.5 Å². The zero-order valence-electron chi connectivity index (χ0n) is 11.2. The Kier molecular flexibility index (Phi) is 3.33. The zero-order valence-corrected chi connectivity index (χ0v) is 12.0. The second kappa shape index (κ2) is 5.13. The molecule has 1 aliphatic heterocycles. The van der Waals surface area contributed by atoms with Crippen molar-refractivity contribution >= 4 is 22.3 Å². The van der Waals surface area contributed by atoms with E-state index < -0.39 is 0 Å². The van der Waals surface area contributed by atoms with E-state index >= 15 is 0 Å². The van der Waals surface area contributed by atoms with Crippen LogP contribution in [-0.2, 0) is 0 Å². The third-order valence-corrected chi connectivity index (χ3v) is 4.08. The van der Waals surface area contributed by atoms with Crippen LogP contribution in [0, 0.1) is 13.8 Å². The van der Waals surface area contributed by atoms with E-state index in [9.17, 15) is 0 Å². The van der Waals surface area contributed by atoms with Crippen LogP contribution in [-0.4, -0.2) is 41.1 Å². The Labute approximate surface area is 116 Å². The molecule has 2 aromatic rings. The van der Waals surface area contributed by atoms with E-state index in [2.05, 4.69) is 30.8 Å². The van der Waals surface area contributed by atoms with E-state index in [1.54, 1.807) is 11.3 Å². The predicted molar refractivity (Wildman–Crippen MR) is 78.0 cm³/mol. The van der Waals surface area contributed by atoms with Crippen molar-refractivity contribution in [3.63, 3.8) is 0 Å². The number of piperazine rings is 1. The second-order valence-corrected chi connectivity index (χ2v) is 5.58. The Hall–Kier alpha value is -1.69. The van der Waals surface area contributed by atoms with Gasteiger partial charge in [0.05, 0.1) is 0 Å². The van der Waals surface area contributed by atoms with Gasteiger partial charge in [-0.1, -0.05) is 0 Å². The second-order valence-electron chi connectivity index (χ2n) is 4.70. The fraction of sp³-hybridized carbons (Fsp3) is 0.462. The fourth-order valence-corrected chi connectivity index (χ4v) is 3.06. The first-order valence-electron chi connectivity index (χ1n) is 6.44. The number of rotatable bonds is 2. The number of aromatic nitrogens is 3.